The molecule has 0 unspecified atom stereocenters. The molecule has 2 aromatic rings. The topological polar surface area (TPSA) is 130 Å². The lowest BCUT2D eigenvalue weighted by Gasteiger charge is -2.20. The minimum absolute atomic E-state index is 0.0468. The third-order valence-corrected chi connectivity index (χ3v) is 3.74. The molecule has 1 aliphatic rings. The number of aliphatic hydroxyl groups excluding tert-OH is 2. The van der Waals surface area contributed by atoms with E-state index in [-0.39, 0.29) is 11.6 Å². The molecule has 0 bridgehead atoms. The van der Waals surface area contributed by atoms with Crippen molar-refractivity contribution in [2.45, 2.75) is 24.4 Å². The molecule has 3 atom stereocenters. The second-order valence-corrected chi connectivity index (χ2v) is 5.52. The van der Waals surface area contributed by atoms with E-state index in [2.05, 4.69) is 15.2 Å². The standard InChI is InChI=1S/C15H14F2N4O5/c16-15(17)12(24)10(7-22)26-13(15)21-6-5-11(18-14(21)25)20-19-8-1-3-9(23)4-2-8/h1-6,10,12-13,22-24H,7H2/t10-,12-,13-/m1/s1. The van der Waals surface area contributed by atoms with Crippen molar-refractivity contribution in [2.24, 2.45) is 10.2 Å². The maximum Gasteiger partial charge on any atom is 0.351 e. The first kappa shape index (κ1) is 18.0. The minimum Gasteiger partial charge on any atom is -0.508 e. The highest BCUT2D eigenvalue weighted by Gasteiger charge is 2.59. The van der Waals surface area contributed by atoms with Gasteiger partial charge in [-0.2, -0.15) is 13.8 Å². The quantitative estimate of drug-likeness (QED) is 0.697. The molecule has 26 heavy (non-hydrogen) atoms. The van der Waals surface area contributed by atoms with Gasteiger partial charge in [-0.1, -0.05) is 0 Å². The van der Waals surface area contributed by atoms with Crippen molar-refractivity contribution in [1.29, 1.82) is 0 Å². The third kappa shape index (κ3) is 3.31. The van der Waals surface area contributed by atoms with E-state index in [1.807, 2.05) is 0 Å². The zero-order valence-corrected chi connectivity index (χ0v) is 13.1. The van der Waals surface area contributed by atoms with Gasteiger partial charge in [-0.15, -0.1) is 10.2 Å². The Labute approximate surface area is 144 Å². The average Bonchev–Trinajstić information content (AvgIpc) is 2.84. The number of hydrogen-bond acceptors (Lipinski definition) is 8. The van der Waals surface area contributed by atoms with Crippen LogP contribution < -0.4 is 5.69 Å². The number of nitrogens with zero attached hydrogens (tertiary/aromatic N) is 4. The van der Waals surface area contributed by atoms with Crippen molar-refractivity contribution in [3.8, 4) is 5.75 Å². The van der Waals surface area contributed by atoms with E-state index in [9.17, 15) is 23.8 Å². The molecule has 1 aromatic heterocycles. The maximum absolute atomic E-state index is 14.1. The zero-order chi connectivity index (χ0) is 18.9. The first-order valence-electron chi connectivity index (χ1n) is 7.45. The molecular weight excluding hydrogens is 354 g/mol. The summed E-state index contributed by atoms with van der Waals surface area (Å²) in [7, 11) is 0. The van der Waals surface area contributed by atoms with Crippen LogP contribution in [0.3, 0.4) is 0 Å². The molecule has 1 fully saturated rings. The first-order chi connectivity index (χ1) is 12.3. The maximum atomic E-state index is 14.1. The van der Waals surface area contributed by atoms with Crippen LogP contribution in [0.25, 0.3) is 0 Å². The van der Waals surface area contributed by atoms with Crippen LogP contribution in [0.15, 0.2) is 51.6 Å². The molecule has 1 aromatic carbocycles. The van der Waals surface area contributed by atoms with Crippen LogP contribution in [0, 0.1) is 0 Å². The SMILES string of the molecule is O=c1nc(N=Nc2ccc(O)cc2)ccn1[C@@H]1O[C@H](CO)[C@@H](O)C1(F)F. The number of aromatic nitrogens is 2. The van der Waals surface area contributed by atoms with E-state index in [1.54, 1.807) is 0 Å². The minimum atomic E-state index is -3.78. The van der Waals surface area contributed by atoms with Gasteiger partial charge in [0, 0.05) is 12.3 Å². The van der Waals surface area contributed by atoms with Crippen LogP contribution in [-0.2, 0) is 4.74 Å². The van der Waals surface area contributed by atoms with Gasteiger partial charge in [-0.05, 0) is 24.3 Å². The number of aliphatic hydroxyl groups is 2. The highest BCUT2D eigenvalue weighted by molar-refractivity contribution is 5.40. The van der Waals surface area contributed by atoms with Crippen LogP contribution in [0.4, 0.5) is 20.3 Å². The summed E-state index contributed by atoms with van der Waals surface area (Å²) in [5, 5.41) is 35.2. The fourth-order valence-electron chi connectivity index (χ4n) is 2.38. The molecule has 3 rings (SSSR count). The Bertz CT molecular complexity index is 871. The van der Waals surface area contributed by atoms with Crippen molar-refractivity contribution in [1.82, 2.24) is 9.55 Å². The molecule has 0 amide bonds. The van der Waals surface area contributed by atoms with E-state index in [0.29, 0.717) is 10.3 Å². The largest absolute Gasteiger partial charge is 0.508 e. The first-order valence-corrected chi connectivity index (χ1v) is 7.45. The predicted molar refractivity (Wildman–Crippen MR) is 82.7 cm³/mol. The van der Waals surface area contributed by atoms with Crippen LogP contribution >= 0.6 is 0 Å². The molecule has 0 radical (unpaired) electrons. The van der Waals surface area contributed by atoms with E-state index in [4.69, 9.17) is 9.84 Å². The van der Waals surface area contributed by atoms with Crippen molar-refractivity contribution in [2.75, 3.05) is 6.61 Å². The third-order valence-electron chi connectivity index (χ3n) is 3.74. The van der Waals surface area contributed by atoms with Gasteiger partial charge in [-0.25, -0.2) is 4.79 Å². The fourth-order valence-corrected chi connectivity index (χ4v) is 2.38. The lowest BCUT2D eigenvalue weighted by atomic mass is 10.1. The summed E-state index contributed by atoms with van der Waals surface area (Å²) in [5.41, 5.74) is -0.698. The van der Waals surface area contributed by atoms with Crippen LogP contribution in [0.5, 0.6) is 5.75 Å². The van der Waals surface area contributed by atoms with Crippen molar-refractivity contribution >= 4 is 11.5 Å². The second kappa shape index (κ2) is 6.86. The number of alkyl halides is 2. The molecule has 9 nitrogen and oxygen atoms in total. The number of halogens is 2. The lowest BCUT2D eigenvalue weighted by Crippen LogP contribution is -2.41. The van der Waals surface area contributed by atoms with Gasteiger partial charge >= 0.3 is 11.6 Å². The van der Waals surface area contributed by atoms with Gasteiger partial charge in [0.15, 0.2) is 11.9 Å². The fraction of sp³-hybridized carbons (Fsp3) is 0.333. The molecule has 138 valence electrons. The summed E-state index contributed by atoms with van der Waals surface area (Å²) >= 11 is 0. The van der Waals surface area contributed by atoms with E-state index >= 15 is 0 Å². The summed E-state index contributed by atoms with van der Waals surface area (Å²) < 4.78 is 33.5. The Morgan fingerprint density at radius 1 is 1.23 bits per heavy atom. The molecule has 2 heterocycles. The summed E-state index contributed by atoms with van der Waals surface area (Å²) in [4.78, 5) is 15.6. The average molecular weight is 368 g/mol. The zero-order valence-electron chi connectivity index (χ0n) is 13.1. The predicted octanol–water partition coefficient (Wildman–Crippen LogP) is 1.25. The summed E-state index contributed by atoms with van der Waals surface area (Å²) in [6.45, 7) is -0.825. The molecule has 3 N–H and O–H groups in total. The number of aromatic hydroxyl groups is 1. The normalized spacial score (nSPS) is 25.0. The number of phenolic OH excluding ortho intramolecular Hbond substituents is 1. The molecule has 1 saturated heterocycles. The van der Waals surface area contributed by atoms with E-state index in [1.165, 1.54) is 30.3 Å². The van der Waals surface area contributed by atoms with Crippen molar-refractivity contribution in [3.63, 3.8) is 0 Å². The number of hydrogen-bond donors (Lipinski definition) is 3. The van der Waals surface area contributed by atoms with Crippen molar-refractivity contribution < 1.29 is 28.8 Å². The molecule has 1 aliphatic heterocycles. The smallest absolute Gasteiger partial charge is 0.351 e. The molecule has 0 saturated carbocycles. The number of phenols is 1. The Balaban J connectivity index is 1.84. The molecule has 11 heteroatoms. The van der Waals surface area contributed by atoms with Crippen LogP contribution in [0.2, 0.25) is 0 Å². The van der Waals surface area contributed by atoms with Gasteiger partial charge < -0.3 is 20.1 Å². The Morgan fingerprint density at radius 2 is 1.92 bits per heavy atom. The number of rotatable bonds is 4. The summed E-state index contributed by atoms with van der Waals surface area (Å²) in [5.74, 6) is -3.86. The highest BCUT2D eigenvalue weighted by atomic mass is 19.3. The van der Waals surface area contributed by atoms with Crippen LogP contribution in [0.1, 0.15) is 6.23 Å². The van der Waals surface area contributed by atoms with Gasteiger partial charge in [0.1, 0.15) is 11.9 Å². The highest BCUT2D eigenvalue weighted by Crippen LogP contribution is 2.42. The lowest BCUT2D eigenvalue weighted by molar-refractivity contribution is -0.140. The van der Waals surface area contributed by atoms with Gasteiger partial charge in [-0.3, -0.25) is 4.57 Å². The number of azo groups is 1. The van der Waals surface area contributed by atoms with E-state index < -0.39 is 36.7 Å². The van der Waals surface area contributed by atoms with Gasteiger partial charge in [0.05, 0.1) is 12.3 Å². The van der Waals surface area contributed by atoms with E-state index in [0.717, 1.165) is 6.20 Å². The Kier molecular flexibility index (Phi) is 4.76. The summed E-state index contributed by atoms with van der Waals surface area (Å²) in [6, 6.07) is 6.90. The monoisotopic (exact) mass is 368 g/mol. The molecule has 0 aliphatic carbocycles. The van der Waals surface area contributed by atoms with Crippen molar-refractivity contribution in [3.05, 3.63) is 47.0 Å². The second-order valence-electron chi connectivity index (χ2n) is 5.52. The van der Waals surface area contributed by atoms with Gasteiger partial charge in [0.2, 0.25) is 6.23 Å². The number of ether oxygens (including phenoxy) is 1. The molecule has 0 spiro atoms. The Hall–Kier alpha value is -2.76. The van der Waals surface area contributed by atoms with Crippen LogP contribution in [-0.4, -0.2) is 49.6 Å². The Morgan fingerprint density at radius 3 is 2.50 bits per heavy atom. The van der Waals surface area contributed by atoms with Gasteiger partial charge in [0.25, 0.3) is 0 Å². The summed E-state index contributed by atoms with van der Waals surface area (Å²) in [6.07, 6.45) is -4.88. The molecular formula is C15H14F2N4O5. The number of benzene rings is 1.